The quantitative estimate of drug-likeness (QED) is 0.302. The van der Waals surface area contributed by atoms with Crippen molar-refractivity contribution in [2.75, 3.05) is 11.9 Å². The number of nitrogens with zero attached hydrogens (tertiary/aromatic N) is 1. The Morgan fingerprint density at radius 1 is 1.11 bits per heavy atom. The Morgan fingerprint density at radius 2 is 1.75 bits per heavy atom. The van der Waals surface area contributed by atoms with Gasteiger partial charge in [0.15, 0.2) is 5.11 Å². The van der Waals surface area contributed by atoms with E-state index in [1.54, 1.807) is 38.1 Å². The summed E-state index contributed by atoms with van der Waals surface area (Å²) in [4.78, 5) is 34.1. The van der Waals surface area contributed by atoms with E-state index in [1.165, 1.54) is 18.2 Å². The summed E-state index contributed by atoms with van der Waals surface area (Å²) in [5.74, 6) is -0.916. The maximum Gasteiger partial charge on any atom is 0.338 e. The monoisotopic (exact) mass is 402 g/mol. The number of esters is 1. The molecule has 0 saturated heterocycles. The van der Waals surface area contributed by atoms with Crippen molar-refractivity contribution in [3.8, 4) is 0 Å². The summed E-state index contributed by atoms with van der Waals surface area (Å²) in [6.07, 6.45) is 0. The fourth-order valence-corrected chi connectivity index (χ4v) is 2.42. The van der Waals surface area contributed by atoms with Gasteiger partial charge in [0.05, 0.1) is 17.1 Å². The standard InChI is InChI=1S/C18H18N4O5S/c1-3-27-17(24)12-4-7-14(8-5-12)19-18(28)21-20-16(23)13-6-9-15(22(25)26)11(2)10-13/h4-10H,3H2,1-2H3,(H,20,23)(H2,19,21,28). The summed E-state index contributed by atoms with van der Waals surface area (Å²) < 4.78 is 4.90. The summed E-state index contributed by atoms with van der Waals surface area (Å²) >= 11 is 5.09. The van der Waals surface area contributed by atoms with Crippen molar-refractivity contribution in [1.82, 2.24) is 10.9 Å². The summed E-state index contributed by atoms with van der Waals surface area (Å²) in [5, 5.41) is 13.8. The fourth-order valence-electron chi connectivity index (χ4n) is 2.25. The van der Waals surface area contributed by atoms with Gasteiger partial charge in [0, 0.05) is 22.9 Å². The predicted octanol–water partition coefficient (Wildman–Crippen LogP) is 2.71. The van der Waals surface area contributed by atoms with E-state index in [9.17, 15) is 19.7 Å². The van der Waals surface area contributed by atoms with E-state index < -0.39 is 16.8 Å². The molecule has 28 heavy (non-hydrogen) atoms. The number of carbonyl (C=O) groups is 2. The summed E-state index contributed by atoms with van der Waals surface area (Å²) in [5.41, 5.74) is 6.52. The second-order valence-electron chi connectivity index (χ2n) is 5.59. The minimum atomic E-state index is -0.512. The average molecular weight is 402 g/mol. The Kier molecular flexibility index (Phi) is 6.99. The van der Waals surface area contributed by atoms with E-state index in [0.717, 1.165) is 0 Å². The molecule has 0 atom stereocenters. The molecule has 0 heterocycles. The molecule has 0 saturated carbocycles. The number of nitrogens with one attached hydrogen (secondary N) is 3. The second-order valence-corrected chi connectivity index (χ2v) is 6.00. The number of aryl methyl sites for hydroxylation is 1. The van der Waals surface area contributed by atoms with E-state index in [4.69, 9.17) is 17.0 Å². The van der Waals surface area contributed by atoms with Gasteiger partial charge in [0.1, 0.15) is 0 Å². The largest absolute Gasteiger partial charge is 0.462 e. The summed E-state index contributed by atoms with van der Waals surface area (Å²) in [6, 6.07) is 10.5. The molecule has 1 amide bonds. The lowest BCUT2D eigenvalue weighted by Crippen LogP contribution is -2.43. The summed E-state index contributed by atoms with van der Waals surface area (Å²) in [6.45, 7) is 3.57. The molecule has 0 radical (unpaired) electrons. The van der Waals surface area contributed by atoms with Crippen molar-refractivity contribution < 1.29 is 19.2 Å². The third-order valence-corrected chi connectivity index (χ3v) is 3.80. The van der Waals surface area contributed by atoms with Crippen LogP contribution in [0.2, 0.25) is 0 Å². The predicted molar refractivity (Wildman–Crippen MR) is 107 cm³/mol. The molecule has 0 spiro atoms. The molecular formula is C18H18N4O5S. The highest BCUT2D eigenvalue weighted by Crippen LogP contribution is 2.18. The number of carbonyl (C=O) groups excluding carboxylic acids is 2. The van der Waals surface area contributed by atoms with Gasteiger partial charge in [-0.2, -0.15) is 0 Å². The van der Waals surface area contributed by atoms with Gasteiger partial charge in [0.25, 0.3) is 11.6 Å². The number of hydrazine groups is 1. The highest BCUT2D eigenvalue weighted by molar-refractivity contribution is 7.80. The fraction of sp³-hybridized carbons (Fsp3) is 0.167. The maximum absolute atomic E-state index is 12.1. The Labute approximate surface area is 166 Å². The first-order chi connectivity index (χ1) is 13.3. The third-order valence-electron chi connectivity index (χ3n) is 3.60. The molecular weight excluding hydrogens is 384 g/mol. The number of anilines is 1. The third kappa shape index (κ3) is 5.48. The van der Waals surface area contributed by atoms with Gasteiger partial charge in [-0.15, -0.1) is 0 Å². The molecule has 10 heteroatoms. The second kappa shape index (κ2) is 9.42. The van der Waals surface area contributed by atoms with E-state index in [-0.39, 0.29) is 16.4 Å². The first kappa shape index (κ1) is 20.8. The van der Waals surface area contributed by atoms with Crippen LogP contribution in [0, 0.1) is 17.0 Å². The van der Waals surface area contributed by atoms with Crippen LogP contribution in [0.3, 0.4) is 0 Å². The lowest BCUT2D eigenvalue weighted by Gasteiger charge is -2.12. The van der Waals surface area contributed by atoms with Crippen LogP contribution in [0.25, 0.3) is 0 Å². The maximum atomic E-state index is 12.1. The molecule has 0 aliphatic carbocycles. The number of rotatable bonds is 5. The molecule has 0 aliphatic rings. The topological polar surface area (TPSA) is 123 Å². The van der Waals surface area contributed by atoms with E-state index in [2.05, 4.69) is 16.2 Å². The lowest BCUT2D eigenvalue weighted by atomic mass is 10.1. The average Bonchev–Trinajstić information content (AvgIpc) is 2.66. The highest BCUT2D eigenvalue weighted by Gasteiger charge is 2.14. The Bertz CT molecular complexity index is 915. The van der Waals surface area contributed by atoms with Crippen LogP contribution in [0.1, 0.15) is 33.2 Å². The number of amides is 1. The SMILES string of the molecule is CCOC(=O)c1ccc(NC(=S)NNC(=O)c2ccc([N+](=O)[O-])c(C)c2)cc1. The molecule has 146 valence electrons. The molecule has 2 rings (SSSR count). The Hall–Kier alpha value is -3.53. The van der Waals surface area contributed by atoms with Crippen LogP contribution in [0.15, 0.2) is 42.5 Å². The molecule has 2 aromatic rings. The number of thiocarbonyl (C=S) groups is 1. The lowest BCUT2D eigenvalue weighted by molar-refractivity contribution is -0.385. The van der Waals surface area contributed by atoms with Crippen LogP contribution in [0.5, 0.6) is 0 Å². The van der Waals surface area contributed by atoms with Gasteiger partial charge in [-0.25, -0.2) is 4.79 Å². The zero-order valence-corrected chi connectivity index (χ0v) is 16.0. The Balaban J connectivity index is 1.90. The van der Waals surface area contributed by atoms with Crippen LogP contribution in [-0.4, -0.2) is 28.5 Å². The molecule has 0 aliphatic heterocycles. The zero-order valence-electron chi connectivity index (χ0n) is 15.1. The van der Waals surface area contributed by atoms with Crippen molar-refractivity contribution >= 4 is 40.6 Å². The molecule has 3 N–H and O–H groups in total. The number of benzene rings is 2. The summed E-state index contributed by atoms with van der Waals surface area (Å²) in [7, 11) is 0. The van der Waals surface area contributed by atoms with Gasteiger partial charge in [-0.1, -0.05) is 0 Å². The van der Waals surface area contributed by atoms with Gasteiger partial charge in [-0.3, -0.25) is 25.8 Å². The van der Waals surface area contributed by atoms with E-state index in [0.29, 0.717) is 23.4 Å². The van der Waals surface area contributed by atoms with Crippen LogP contribution in [-0.2, 0) is 4.74 Å². The zero-order chi connectivity index (χ0) is 20.7. The van der Waals surface area contributed by atoms with Gasteiger partial charge in [-0.05, 0) is 62.5 Å². The van der Waals surface area contributed by atoms with E-state index >= 15 is 0 Å². The molecule has 2 aromatic carbocycles. The number of hydrogen-bond acceptors (Lipinski definition) is 6. The van der Waals surface area contributed by atoms with E-state index in [1.807, 2.05) is 0 Å². The first-order valence-electron chi connectivity index (χ1n) is 8.21. The first-order valence-corrected chi connectivity index (χ1v) is 8.62. The van der Waals surface area contributed by atoms with Crippen molar-refractivity contribution in [2.24, 2.45) is 0 Å². The van der Waals surface area contributed by atoms with Gasteiger partial charge in [0.2, 0.25) is 0 Å². The number of nitro benzene ring substituents is 1. The number of hydrogen-bond donors (Lipinski definition) is 3. The van der Waals surface area contributed by atoms with Gasteiger partial charge >= 0.3 is 5.97 Å². The van der Waals surface area contributed by atoms with Crippen molar-refractivity contribution in [3.63, 3.8) is 0 Å². The number of ether oxygens (including phenoxy) is 1. The van der Waals surface area contributed by atoms with Crippen LogP contribution < -0.4 is 16.2 Å². The molecule has 0 fully saturated rings. The minimum absolute atomic E-state index is 0.0621. The molecule has 9 nitrogen and oxygen atoms in total. The van der Waals surface area contributed by atoms with Crippen molar-refractivity contribution in [1.29, 1.82) is 0 Å². The van der Waals surface area contributed by atoms with Crippen molar-refractivity contribution in [3.05, 3.63) is 69.3 Å². The molecule has 0 aromatic heterocycles. The minimum Gasteiger partial charge on any atom is -0.462 e. The highest BCUT2D eigenvalue weighted by atomic mass is 32.1. The molecule has 0 bridgehead atoms. The van der Waals surface area contributed by atoms with Gasteiger partial charge < -0.3 is 10.1 Å². The normalized spacial score (nSPS) is 9.93. The van der Waals surface area contributed by atoms with Crippen molar-refractivity contribution in [2.45, 2.75) is 13.8 Å². The van der Waals surface area contributed by atoms with Crippen LogP contribution >= 0.6 is 12.2 Å². The number of nitro groups is 1. The van der Waals surface area contributed by atoms with Crippen LogP contribution in [0.4, 0.5) is 11.4 Å². The molecule has 0 unspecified atom stereocenters. The Morgan fingerprint density at radius 3 is 2.32 bits per heavy atom. The smallest absolute Gasteiger partial charge is 0.338 e.